The monoisotopic (exact) mass is 271 g/mol. The van der Waals surface area contributed by atoms with Gasteiger partial charge in [-0.25, -0.2) is 4.98 Å². The average Bonchev–Trinajstić information content (AvgIpc) is 2.37. The Morgan fingerprint density at radius 2 is 2.00 bits per heavy atom. The molecule has 2 rings (SSSR count). The highest BCUT2D eigenvalue weighted by atomic mass is 16.2. The van der Waals surface area contributed by atoms with Gasteiger partial charge in [0.15, 0.2) is 0 Å². The van der Waals surface area contributed by atoms with E-state index >= 15 is 0 Å². The topological polar surface area (TPSA) is 64.0 Å². The van der Waals surface area contributed by atoms with E-state index in [-0.39, 0.29) is 18.0 Å². The van der Waals surface area contributed by atoms with Crippen molar-refractivity contribution in [2.75, 3.05) is 5.32 Å². The first-order valence-electron chi connectivity index (χ1n) is 6.36. The summed E-state index contributed by atoms with van der Waals surface area (Å²) in [5.74, 6) is -0.244. The molecule has 2 aromatic rings. The number of aromatic nitrogens is 2. The summed E-state index contributed by atoms with van der Waals surface area (Å²) in [6.45, 7) is 5.58. The van der Waals surface area contributed by atoms with Crippen LogP contribution in [0, 0.1) is 20.8 Å². The van der Waals surface area contributed by atoms with Crippen molar-refractivity contribution in [3.8, 4) is 0 Å². The Kier molecular flexibility index (Phi) is 3.98. The molecule has 0 atom stereocenters. The molecule has 104 valence electrons. The quantitative estimate of drug-likeness (QED) is 0.926. The van der Waals surface area contributed by atoms with Crippen LogP contribution in [0.1, 0.15) is 16.8 Å². The first-order valence-corrected chi connectivity index (χ1v) is 6.36. The second kappa shape index (κ2) is 5.69. The second-order valence-corrected chi connectivity index (χ2v) is 4.86. The standard InChI is InChI=1S/C15H17N3O2/c1-10-4-5-11(2)13(6-10)17-14(19)8-18-9-16-12(3)7-15(18)20/h4-7,9H,8H2,1-3H3,(H,17,19). The van der Waals surface area contributed by atoms with E-state index < -0.39 is 0 Å². The molecule has 1 aromatic carbocycles. The SMILES string of the molecule is Cc1ccc(C)c(NC(=O)Cn2cnc(C)cc2=O)c1. The van der Waals surface area contributed by atoms with E-state index in [2.05, 4.69) is 10.3 Å². The lowest BCUT2D eigenvalue weighted by atomic mass is 10.1. The maximum absolute atomic E-state index is 12.0. The summed E-state index contributed by atoms with van der Waals surface area (Å²) in [5.41, 5.74) is 3.23. The van der Waals surface area contributed by atoms with Gasteiger partial charge in [0.25, 0.3) is 5.56 Å². The Labute approximate surface area is 117 Å². The number of hydrogen-bond donors (Lipinski definition) is 1. The van der Waals surface area contributed by atoms with Gasteiger partial charge in [0.1, 0.15) is 6.54 Å². The lowest BCUT2D eigenvalue weighted by molar-refractivity contribution is -0.116. The molecule has 5 nitrogen and oxygen atoms in total. The van der Waals surface area contributed by atoms with Crippen molar-refractivity contribution in [3.63, 3.8) is 0 Å². The summed E-state index contributed by atoms with van der Waals surface area (Å²) < 4.78 is 1.29. The van der Waals surface area contributed by atoms with Crippen LogP contribution in [-0.2, 0) is 11.3 Å². The fourth-order valence-electron chi connectivity index (χ4n) is 1.85. The minimum atomic E-state index is -0.244. The maximum Gasteiger partial charge on any atom is 0.253 e. The maximum atomic E-state index is 12.0. The molecular formula is C15H17N3O2. The summed E-state index contributed by atoms with van der Waals surface area (Å²) >= 11 is 0. The van der Waals surface area contributed by atoms with Gasteiger partial charge in [-0.15, -0.1) is 0 Å². The minimum Gasteiger partial charge on any atom is -0.324 e. The number of rotatable bonds is 3. The normalized spacial score (nSPS) is 10.3. The van der Waals surface area contributed by atoms with Crippen LogP contribution >= 0.6 is 0 Å². The molecule has 1 heterocycles. The largest absolute Gasteiger partial charge is 0.324 e. The highest BCUT2D eigenvalue weighted by molar-refractivity contribution is 5.91. The lowest BCUT2D eigenvalue weighted by Gasteiger charge is -2.10. The molecule has 1 aromatic heterocycles. The second-order valence-electron chi connectivity index (χ2n) is 4.86. The van der Waals surface area contributed by atoms with Gasteiger partial charge in [-0.1, -0.05) is 12.1 Å². The van der Waals surface area contributed by atoms with Gasteiger partial charge in [0.2, 0.25) is 5.91 Å². The summed E-state index contributed by atoms with van der Waals surface area (Å²) in [6, 6.07) is 7.25. The highest BCUT2D eigenvalue weighted by Crippen LogP contribution is 2.16. The van der Waals surface area contributed by atoms with Crippen molar-refractivity contribution in [2.24, 2.45) is 0 Å². The zero-order valence-corrected chi connectivity index (χ0v) is 11.8. The number of carbonyl (C=O) groups excluding carboxylic acids is 1. The van der Waals surface area contributed by atoms with Gasteiger partial charge < -0.3 is 5.32 Å². The molecule has 0 aliphatic carbocycles. The number of nitrogens with one attached hydrogen (secondary N) is 1. The predicted octanol–water partition coefficient (Wildman–Crippen LogP) is 1.81. The number of aryl methyl sites for hydroxylation is 3. The Morgan fingerprint density at radius 1 is 1.25 bits per heavy atom. The molecule has 0 unspecified atom stereocenters. The summed E-state index contributed by atoms with van der Waals surface area (Å²) in [5, 5.41) is 2.81. The summed E-state index contributed by atoms with van der Waals surface area (Å²) in [6.07, 6.45) is 1.39. The zero-order chi connectivity index (χ0) is 14.7. The van der Waals surface area contributed by atoms with Crippen molar-refractivity contribution in [3.05, 3.63) is 57.8 Å². The molecule has 0 saturated heterocycles. The van der Waals surface area contributed by atoms with Gasteiger partial charge in [0.05, 0.1) is 6.33 Å². The molecule has 5 heteroatoms. The molecule has 0 aliphatic heterocycles. The fraction of sp³-hybridized carbons (Fsp3) is 0.267. The predicted molar refractivity (Wildman–Crippen MR) is 77.8 cm³/mol. The minimum absolute atomic E-state index is 0.0422. The number of carbonyl (C=O) groups is 1. The van der Waals surface area contributed by atoms with E-state index in [1.165, 1.54) is 17.0 Å². The van der Waals surface area contributed by atoms with Crippen LogP contribution in [0.5, 0.6) is 0 Å². The van der Waals surface area contributed by atoms with Gasteiger partial charge in [-0.05, 0) is 38.0 Å². The van der Waals surface area contributed by atoms with E-state index in [1.54, 1.807) is 6.92 Å². The van der Waals surface area contributed by atoms with Gasteiger partial charge in [-0.2, -0.15) is 0 Å². The zero-order valence-electron chi connectivity index (χ0n) is 11.8. The molecule has 20 heavy (non-hydrogen) atoms. The lowest BCUT2D eigenvalue weighted by Crippen LogP contribution is -2.27. The van der Waals surface area contributed by atoms with E-state index in [1.807, 2.05) is 32.0 Å². The molecule has 0 fully saturated rings. The molecule has 1 N–H and O–H groups in total. The van der Waals surface area contributed by atoms with Crippen molar-refractivity contribution < 1.29 is 4.79 Å². The van der Waals surface area contributed by atoms with E-state index in [0.717, 1.165) is 16.8 Å². The van der Waals surface area contributed by atoms with Crippen molar-refractivity contribution in [1.29, 1.82) is 0 Å². The number of nitrogens with zero attached hydrogens (tertiary/aromatic N) is 2. The molecule has 0 bridgehead atoms. The highest BCUT2D eigenvalue weighted by Gasteiger charge is 2.07. The van der Waals surface area contributed by atoms with Gasteiger partial charge in [-0.3, -0.25) is 14.2 Å². The Morgan fingerprint density at radius 3 is 2.70 bits per heavy atom. The van der Waals surface area contributed by atoms with Crippen molar-refractivity contribution in [1.82, 2.24) is 9.55 Å². The molecule has 0 aliphatic rings. The van der Waals surface area contributed by atoms with Crippen LogP contribution in [0.4, 0.5) is 5.69 Å². The third-order valence-corrected chi connectivity index (χ3v) is 3.00. The van der Waals surface area contributed by atoms with Gasteiger partial charge in [0, 0.05) is 17.4 Å². The van der Waals surface area contributed by atoms with E-state index in [9.17, 15) is 9.59 Å². The number of benzene rings is 1. The summed E-state index contributed by atoms with van der Waals surface area (Å²) in [4.78, 5) is 27.7. The van der Waals surface area contributed by atoms with Crippen LogP contribution in [-0.4, -0.2) is 15.5 Å². The molecule has 0 saturated carbocycles. The van der Waals surface area contributed by atoms with E-state index in [4.69, 9.17) is 0 Å². The van der Waals surface area contributed by atoms with Crippen LogP contribution in [0.3, 0.4) is 0 Å². The smallest absolute Gasteiger partial charge is 0.253 e. The Balaban J connectivity index is 2.13. The number of hydrogen-bond acceptors (Lipinski definition) is 3. The van der Waals surface area contributed by atoms with Gasteiger partial charge >= 0.3 is 0 Å². The third kappa shape index (κ3) is 3.32. The van der Waals surface area contributed by atoms with Crippen molar-refractivity contribution in [2.45, 2.75) is 27.3 Å². The molecule has 0 spiro atoms. The fourth-order valence-corrected chi connectivity index (χ4v) is 1.85. The van der Waals surface area contributed by atoms with Crippen LogP contribution in [0.2, 0.25) is 0 Å². The number of anilines is 1. The third-order valence-electron chi connectivity index (χ3n) is 3.00. The molecular weight excluding hydrogens is 254 g/mol. The summed E-state index contributed by atoms with van der Waals surface area (Å²) in [7, 11) is 0. The molecule has 0 radical (unpaired) electrons. The van der Waals surface area contributed by atoms with Crippen molar-refractivity contribution >= 4 is 11.6 Å². The number of amides is 1. The Hall–Kier alpha value is -2.43. The van der Waals surface area contributed by atoms with E-state index in [0.29, 0.717) is 5.69 Å². The van der Waals surface area contributed by atoms with Crippen LogP contribution in [0.25, 0.3) is 0 Å². The first-order chi connectivity index (χ1) is 9.45. The Bertz CT molecular complexity index is 705. The van der Waals surface area contributed by atoms with Crippen LogP contribution in [0.15, 0.2) is 35.4 Å². The molecule has 1 amide bonds. The first kappa shape index (κ1) is 14.0. The van der Waals surface area contributed by atoms with Crippen LogP contribution < -0.4 is 10.9 Å². The average molecular weight is 271 g/mol.